The molecule has 0 saturated carbocycles. The molecule has 0 heterocycles. The number of unbranched alkanes of at least 4 members (excludes halogenated alkanes) is 1. The van der Waals surface area contributed by atoms with Crippen LogP contribution in [0.25, 0.3) is 0 Å². The van der Waals surface area contributed by atoms with E-state index in [1.807, 2.05) is 13.8 Å². The van der Waals surface area contributed by atoms with Crippen molar-refractivity contribution in [2.45, 2.75) is 33.1 Å². The van der Waals surface area contributed by atoms with Crippen molar-refractivity contribution in [2.75, 3.05) is 6.54 Å². The third kappa shape index (κ3) is 4.11. The summed E-state index contributed by atoms with van der Waals surface area (Å²) in [4.78, 5) is 21.6. The SMILES string of the molecule is CCCCC(C=O)C(=O)NCC. The van der Waals surface area contributed by atoms with Gasteiger partial charge in [-0.1, -0.05) is 19.8 Å². The standard InChI is InChI=1S/C9H17NO2/c1-3-5-6-8(7-11)9(12)10-4-2/h7-8H,3-6H2,1-2H3,(H,10,12). The van der Waals surface area contributed by atoms with Crippen molar-refractivity contribution < 1.29 is 9.59 Å². The Balaban J connectivity index is 3.79. The van der Waals surface area contributed by atoms with Crippen molar-refractivity contribution >= 4 is 12.2 Å². The number of carbonyl (C=O) groups is 2. The summed E-state index contributed by atoms with van der Waals surface area (Å²) in [5.74, 6) is -0.578. The van der Waals surface area contributed by atoms with Gasteiger partial charge in [0.05, 0.1) is 5.92 Å². The van der Waals surface area contributed by atoms with Crippen LogP contribution in [0.2, 0.25) is 0 Å². The topological polar surface area (TPSA) is 46.2 Å². The Morgan fingerprint density at radius 1 is 1.50 bits per heavy atom. The van der Waals surface area contributed by atoms with Gasteiger partial charge >= 0.3 is 0 Å². The minimum Gasteiger partial charge on any atom is -0.356 e. The molecule has 0 aromatic carbocycles. The Morgan fingerprint density at radius 3 is 2.58 bits per heavy atom. The highest BCUT2D eigenvalue weighted by Crippen LogP contribution is 2.05. The number of carbonyl (C=O) groups excluding carboxylic acids is 2. The summed E-state index contributed by atoms with van der Waals surface area (Å²) in [6.07, 6.45) is 3.36. The second kappa shape index (κ2) is 6.83. The van der Waals surface area contributed by atoms with Gasteiger partial charge in [0, 0.05) is 6.54 Å². The third-order valence-corrected chi connectivity index (χ3v) is 1.72. The molecule has 1 unspecified atom stereocenters. The molecule has 0 aromatic rings. The predicted octanol–water partition coefficient (Wildman–Crippen LogP) is 1.13. The van der Waals surface area contributed by atoms with E-state index in [0.29, 0.717) is 13.0 Å². The number of hydrogen-bond acceptors (Lipinski definition) is 2. The quantitative estimate of drug-likeness (QED) is 0.481. The number of nitrogens with one attached hydrogen (secondary N) is 1. The van der Waals surface area contributed by atoms with Crippen molar-refractivity contribution in [3.63, 3.8) is 0 Å². The maximum atomic E-state index is 11.1. The van der Waals surface area contributed by atoms with Crippen LogP contribution in [0.5, 0.6) is 0 Å². The van der Waals surface area contributed by atoms with Crippen LogP contribution >= 0.6 is 0 Å². The molecule has 0 fully saturated rings. The van der Waals surface area contributed by atoms with E-state index in [4.69, 9.17) is 0 Å². The van der Waals surface area contributed by atoms with Crippen molar-refractivity contribution in [2.24, 2.45) is 5.92 Å². The average Bonchev–Trinajstić information content (AvgIpc) is 2.06. The second-order valence-corrected chi connectivity index (χ2v) is 2.78. The van der Waals surface area contributed by atoms with Crippen LogP contribution in [0.1, 0.15) is 33.1 Å². The Labute approximate surface area is 73.5 Å². The maximum Gasteiger partial charge on any atom is 0.230 e. The highest BCUT2D eigenvalue weighted by Gasteiger charge is 2.15. The van der Waals surface area contributed by atoms with Crippen LogP contribution in [0, 0.1) is 5.92 Å². The van der Waals surface area contributed by atoms with Crippen LogP contribution in [-0.2, 0) is 9.59 Å². The van der Waals surface area contributed by atoms with Gasteiger partial charge in [-0.15, -0.1) is 0 Å². The van der Waals surface area contributed by atoms with Gasteiger partial charge in [0.2, 0.25) is 5.91 Å². The number of amides is 1. The summed E-state index contributed by atoms with van der Waals surface area (Å²) in [5, 5.41) is 2.64. The van der Waals surface area contributed by atoms with Crippen LogP contribution in [0.15, 0.2) is 0 Å². The maximum absolute atomic E-state index is 11.1. The molecule has 1 amide bonds. The fourth-order valence-corrected chi connectivity index (χ4v) is 0.990. The first-order valence-electron chi connectivity index (χ1n) is 4.49. The Bertz CT molecular complexity index is 145. The average molecular weight is 171 g/mol. The molecular weight excluding hydrogens is 154 g/mol. The van der Waals surface area contributed by atoms with Gasteiger partial charge in [-0.05, 0) is 13.3 Å². The molecule has 12 heavy (non-hydrogen) atoms. The van der Waals surface area contributed by atoms with Gasteiger partial charge < -0.3 is 10.1 Å². The smallest absolute Gasteiger partial charge is 0.230 e. The van der Waals surface area contributed by atoms with Crippen molar-refractivity contribution in [1.29, 1.82) is 0 Å². The van der Waals surface area contributed by atoms with Crippen molar-refractivity contribution in [3.8, 4) is 0 Å². The van der Waals surface area contributed by atoms with E-state index in [-0.39, 0.29) is 5.91 Å². The summed E-state index contributed by atoms with van der Waals surface area (Å²) >= 11 is 0. The molecule has 0 aliphatic heterocycles. The molecule has 3 nitrogen and oxygen atoms in total. The zero-order chi connectivity index (χ0) is 9.40. The van der Waals surface area contributed by atoms with E-state index in [1.165, 1.54) is 0 Å². The third-order valence-electron chi connectivity index (χ3n) is 1.72. The second-order valence-electron chi connectivity index (χ2n) is 2.78. The summed E-state index contributed by atoms with van der Waals surface area (Å²) in [6, 6.07) is 0. The summed E-state index contributed by atoms with van der Waals surface area (Å²) in [6.45, 7) is 4.48. The summed E-state index contributed by atoms with van der Waals surface area (Å²) in [7, 11) is 0. The fourth-order valence-electron chi connectivity index (χ4n) is 0.990. The van der Waals surface area contributed by atoms with Gasteiger partial charge in [0.15, 0.2) is 0 Å². The molecule has 0 spiro atoms. The zero-order valence-corrected chi connectivity index (χ0v) is 7.80. The number of rotatable bonds is 6. The van der Waals surface area contributed by atoms with Gasteiger partial charge in [-0.25, -0.2) is 0 Å². The first-order chi connectivity index (χ1) is 5.76. The summed E-state index contributed by atoms with van der Waals surface area (Å²) in [5.41, 5.74) is 0. The van der Waals surface area contributed by atoms with Gasteiger partial charge in [0.1, 0.15) is 6.29 Å². The molecule has 70 valence electrons. The van der Waals surface area contributed by atoms with E-state index in [2.05, 4.69) is 5.32 Å². The molecular formula is C9H17NO2. The van der Waals surface area contributed by atoms with E-state index in [0.717, 1.165) is 19.1 Å². The van der Waals surface area contributed by atoms with E-state index in [9.17, 15) is 9.59 Å². The first kappa shape index (κ1) is 11.1. The largest absolute Gasteiger partial charge is 0.356 e. The van der Waals surface area contributed by atoms with E-state index in [1.54, 1.807) is 0 Å². The fraction of sp³-hybridized carbons (Fsp3) is 0.778. The number of hydrogen-bond donors (Lipinski definition) is 1. The molecule has 1 atom stereocenters. The van der Waals surface area contributed by atoms with Crippen LogP contribution < -0.4 is 5.32 Å². The Morgan fingerprint density at radius 2 is 2.17 bits per heavy atom. The molecule has 3 heteroatoms. The minimum atomic E-state index is -0.440. The molecule has 0 saturated heterocycles. The molecule has 1 N–H and O–H groups in total. The zero-order valence-electron chi connectivity index (χ0n) is 7.80. The number of aldehydes is 1. The highest BCUT2D eigenvalue weighted by atomic mass is 16.2. The van der Waals surface area contributed by atoms with E-state index < -0.39 is 5.92 Å². The molecule has 0 bridgehead atoms. The molecule has 0 radical (unpaired) electrons. The van der Waals surface area contributed by atoms with Crippen molar-refractivity contribution in [1.82, 2.24) is 5.32 Å². The monoisotopic (exact) mass is 171 g/mol. The lowest BCUT2D eigenvalue weighted by Crippen LogP contribution is -2.31. The molecule has 0 aliphatic rings. The minimum absolute atomic E-state index is 0.138. The highest BCUT2D eigenvalue weighted by molar-refractivity contribution is 5.91. The van der Waals surface area contributed by atoms with Crippen LogP contribution in [0.3, 0.4) is 0 Å². The molecule has 0 aliphatic carbocycles. The molecule has 0 rings (SSSR count). The lowest BCUT2D eigenvalue weighted by atomic mass is 10.0. The van der Waals surface area contributed by atoms with Crippen LogP contribution in [0.4, 0.5) is 0 Å². The van der Waals surface area contributed by atoms with Gasteiger partial charge in [-0.2, -0.15) is 0 Å². The lowest BCUT2D eigenvalue weighted by molar-refractivity contribution is -0.129. The lowest BCUT2D eigenvalue weighted by Gasteiger charge is -2.08. The van der Waals surface area contributed by atoms with E-state index >= 15 is 0 Å². The molecule has 0 aromatic heterocycles. The first-order valence-corrected chi connectivity index (χ1v) is 4.49. The Hall–Kier alpha value is -0.860. The van der Waals surface area contributed by atoms with Gasteiger partial charge in [-0.3, -0.25) is 4.79 Å². The Kier molecular flexibility index (Phi) is 6.34. The summed E-state index contributed by atoms with van der Waals surface area (Å²) < 4.78 is 0. The van der Waals surface area contributed by atoms with Gasteiger partial charge in [0.25, 0.3) is 0 Å². The predicted molar refractivity (Wildman–Crippen MR) is 47.8 cm³/mol. The van der Waals surface area contributed by atoms with Crippen LogP contribution in [-0.4, -0.2) is 18.7 Å². The normalized spacial score (nSPS) is 12.2. The van der Waals surface area contributed by atoms with Crippen molar-refractivity contribution in [3.05, 3.63) is 0 Å².